The smallest absolute Gasteiger partial charge is 0.279 e. The Morgan fingerprint density at radius 1 is 1.27 bits per heavy atom. The van der Waals surface area contributed by atoms with Crippen LogP contribution in [-0.4, -0.2) is 44.4 Å². The quantitative estimate of drug-likeness (QED) is 0.674. The number of hydrogen-bond donors (Lipinski definition) is 2. The van der Waals surface area contributed by atoms with E-state index in [1.807, 2.05) is 6.92 Å². The monoisotopic (exact) mass is 231 g/mol. The Labute approximate surface area is 90.4 Å². The SMILES string of the molecule is CC1(NS(=O)(=O)N2CC3(CNC3)C2)CC1. The number of hydrogen-bond acceptors (Lipinski definition) is 3. The van der Waals surface area contributed by atoms with Crippen molar-refractivity contribution in [3.8, 4) is 0 Å². The molecule has 2 saturated heterocycles. The molecule has 2 N–H and O–H groups in total. The summed E-state index contributed by atoms with van der Waals surface area (Å²) in [6.45, 7) is 5.27. The normalized spacial score (nSPS) is 32.1. The molecule has 15 heavy (non-hydrogen) atoms. The Bertz CT molecular complexity index is 376. The fraction of sp³-hybridized carbons (Fsp3) is 1.00. The van der Waals surface area contributed by atoms with E-state index in [0.29, 0.717) is 13.1 Å². The van der Waals surface area contributed by atoms with Crippen molar-refractivity contribution in [2.24, 2.45) is 5.41 Å². The van der Waals surface area contributed by atoms with Crippen LogP contribution < -0.4 is 10.0 Å². The predicted octanol–water partition coefficient (Wildman–Crippen LogP) is -0.721. The first-order valence-corrected chi connectivity index (χ1v) is 6.87. The van der Waals surface area contributed by atoms with Gasteiger partial charge < -0.3 is 5.32 Å². The third kappa shape index (κ3) is 1.60. The maximum atomic E-state index is 11.9. The topological polar surface area (TPSA) is 61.4 Å². The summed E-state index contributed by atoms with van der Waals surface area (Å²) in [5, 5.41) is 3.19. The summed E-state index contributed by atoms with van der Waals surface area (Å²) in [5.74, 6) is 0. The minimum Gasteiger partial charge on any atom is -0.315 e. The van der Waals surface area contributed by atoms with E-state index in [2.05, 4.69) is 10.0 Å². The zero-order valence-corrected chi connectivity index (χ0v) is 9.73. The molecule has 1 saturated carbocycles. The van der Waals surface area contributed by atoms with Gasteiger partial charge in [0.2, 0.25) is 0 Å². The van der Waals surface area contributed by atoms with Gasteiger partial charge in [-0.05, 0) is 19.8 Å². The molecule has 3 aliphatic rings. The molecule has 0 radical (unpaired) electrons. The molecule has 2 heterocycles. The molecule has 0 atom stereocenters. The maximum absolute atomic E-state index is 11.9. The first kappa shape index (κ1) is 10.0. The zero-order valence-electron chi connectivity index (χ0n) is 8.91. The van der Waals surface area contributed by atoms with E-state index >= 15 is 0 Å². The third-order valence-corrected chi connectivity index (χ3v) is 5.43. The van der Waals surface area contributed by atoms with E-state index in [-0.39, 0.29) is 11.0 Å². The molecule has 0 amide bonds. The molecule has 0 unspecified atom stereocenters. The number of rotatable bonds is 3. The Kier molecular flexibility index (Phi) is 1.83. The van der Waals surface area contributed by atoms with E-state index in [1.165, 1.54) is 0 Å². The highest BCUT2D eigenvalue weighted by atomic mass is 32.2. The molecule has 0 aromatic rings. The highest BCUT2D eigenvalue weighted by Crippen LogP contribution is 2.39. The minimum atomic E-state index is -3.21. The summed E-state index contributed by atoms with van der Waals surface area (Å²) >= 11 is 0. The van der Waals surface area contributed by atoms with Crippen LogP contribution in [0.5, 0.6) is 0 Å². The second-order valence-corrected chi connectivity index (χ2v) is 7.21. The van der Waals surface area contributed by atoms with Crippen molar-refractivity contribution in [3.05, 3.63) is 0 Å². The van der Waals surface area contributed by atoms with Crippen LogP contribution in [0, 0.1) is 5.41 Å². The molecule has 86 valence electrons. The fourth-order valence-corrected chi connectivity index (χ4v) is 4.08. The maximum Gasteiger partial charge on any atom is 0.279 e. The molecule has 0 aromatic heterocycles. The predicted molar refractivity (Wildman–Crippen MR) is 56.6 cm³/mol. The van der Waals surface area contributed by atoms with Crippen molar-refractivity contribution in [1.82, 2.24) is 14.3 Å². The molecular weight excluding hydrogens is 214 g/mol. The Balaban J connectivity index is 1.62. The summed E-state index contributed by atoms with van der Waals surface area (Å²) in [7, 11) is -3.21. The molecular formula is C9H17N3O2S. The van der Waals surface area contributed by atoms with Gasteiger partial charge in [0.1, 0.15) is 0 Å². The van der Waals surface area contributed by atoms with Crippen molar-refractivity contribution >= 4 is 10.2 Å². The fourth-order valence-electron chi connectivity index (χ4n) is 2.24. The van der Waals surface area contributed by atoms with Crippen LogP contribution in [0.2, 0.25) is 0 Å². The second kappa shape index (κ2) is 2.74. The molecule has 0 aromatic carbocycles. The zero-order chi connectivity index (χ0) is 10.7. The van der Waals surface area contributed by atoms with Gasteiger partial charge in [-0.25, -0.2) is 0 Å². The summed E-state index contributed by atoms with van der Waals surface area (Å²) in [6, 6.07) is 0. The van der Waals surface area contributed by atoms with Gasteiger partial charge in [-0.1, -0.05) is 0 Å². The van der Waals surface area contributed by atoms with E-state index < -0.39 is 10.2 Å². The number of nitrogens with one attached hydrogen (secondary N) is 2. The Morgan fingerprint density at radius 3 is 2.27 bits per heavy atom. The molecule has 1 spiro atoms. The molecule has 1 aliphatic carbocycles. The molecule has 6 heteroatoms. The van der Waals surface area contributed by atoms with Crippen molar-refractivity contribution in [3.63, 3.8) is 0 Å². The molecule has 3 rings (SSSR count). The highest BCUT2D eigenvalue weighted by molar-refractivity contribution is 7.87. The largest absolute Gasteiger partial charge is 0.315 e. The van der Waals surface area contributed by atoms with Gasteiger partial charge >= 0.3 is 0 Å². The first-order valence-electron chi connectivity index (χ1n) is 5.43. The lowest BCUT2D eigenvalue weighted by Crippen LogP contribution is -2.73. The first-order chi connectivity index (χ1) is 6.93. The van der Waals surface area contributed by atoms with E-state index in [4.69, 9.17) is 0 Å². The molecule has 2 aliphatic heterocycles. The van der Waals surface area contributed by atoms with Crippen LogP contribution in [-0.2, 0) is 10.2 Å². The second-order valence-electron chi connectivity index (χ2n) is 5.54. The Morgan fingerprint density at radius 2 is 1.87 bits per heavy atom. The van der Waals surface area contributed by atoms with Gasteiger partial charge in [-0.2, -0.15) is 17.4 Å². The lowest BCUT2D eigenvalue weighted by molar-refractivity contribution is 0.0153. The molecule has 3 fully saturated rings. The van der Waals surface area contributed by atoms with Crippen LogP contribution in [0.3, 0.4) is 0 Å². The van der Waals surface area contributed by atoms with Crippen molar-refractivity contribution in [1.29, 1.82) is 0 Å². The average molecular weight is 231 g/mol. The van der Waals surface area contributed by atoms with Gasteiger partial charge in [-0.15, -0.1) is 0 Å². The van der Waals surface area contributed by atoms with Crippen LogP contribution in [0.15, 0.2) is 0 Å². The van der Waals surface area contributed by atoms with Gasteiger partial charge in [0, 0.05) is 37.1 Å². The van der Waals surface area contributed by atoms with Crippen LogP contribution in [0.4, 0.5) is 0 Å². The van der Waals surface area contributed by atoms with Crippen molar-refractivity contribution < 1.29 is 8.42 Å². The molecule has 5 nitrogen and oxygen atoms in total. The lowest BCUT2D eigenvalue weighted by atomic mass is 9.76. The summed E-state index contributed by atoms with van der Waals surface area (Å²) in [4.78, 5) is 0. The third-order valence-electron chi connectivity index (χ3n) is 3.74. The lowest BCUT2D eigenvalue weighted by Gasteiger charge is -2.55. The van der Waals surface area contributed by atoms with Crippen molar-refractivity contribution in [2.45, 2.75) is 25.3 Å². The van der Waals surface area contributed by atoms with Gasteiger partial charge in [0.05, 0.1) is 0 Å². The van der Waals surface area contributed by atoms with Gasteiger partial charge in [0.15, 0.2) is 0 Å². The Hall–Kier alpha value is -0.170. The van der Waals surface area contributed by atoms with Crippen LogP contribution in [0.25, 0.3) is 0 Å². The van der Waals surface area contributed by atoms with Crippen LogP contribution >= 0.6 is 0 Å². The summed E-state index contributed by atoms with van der Waals surface area (Å²) < 4.78 is 28.1. The standard InChI is InChI=1S/C9H17N3O2S/c1-8(2-3-8)11-15(13,14)12-6-9(7-12)4-10-5-9/h10-11H,2-7H2,1H3. The minimum absolute atomic E-state index is 0.153. The van der Waals surface area contributed by atoms with Gasteiger partial charge in [0.25, 0.3) is 10.2 Å². The highest BCUT2D eigenvalue weighted by Gasteiger charge is 2.53. The van der Waals surface area contributed by atoms with Gasteiger partial charge in [-0.3, -0.25) is 0 Å². The summed E-state index contributed by atoms with van der Waals surface area (Å²) in [5.41, 5.74) is 0.110. The molecule has 0 bridgehead atoms. The van der Waals surface area contributed by atoms with E-state index in [9.17, 15) is 8.42 Å². The van der Waals surface area contributed by atoms with E-state index in [0.717, 1.165) is 25.9 Å². The summed E-state index contributed by atoms with van der Waals surface area (Å²) in [6.07, 6.45) is 1.93. The van der Waals surface area contributed by atoms with E-state index in [1.54, 1.807) is 4.31 Å². The van der Waals surface area contributed by atoms with Crippen LogP contribution in [0.1, 0.15) is 19.8 Å². The average Bonchev–Trinajstić information content (AvgIpc) is 2.58. The number of nitrogens with zero attached hydrogens (tertiary/aromatic N) is 1. The van der Waals surface area contributed by atoms with Crippen molar-refractivity contribution in [2.75, 3.05) is 26.2 Å².